The molecule has 0 bridgehead atoms. The van der Waals surface area contributed by atoms with E-state index in [4.69, 9.17) is 5.73 Å². The van der Waals surface area contributed by atoms with Gasteiger partial charge in [-0.3, -0.25) is 4.79 Å². The first kappa shape index (κ1) is 13.5. The first-order valence-electron chi connectivity index (χ1n) is 5.74. The Morgan fingerprint density at radius 1 is 1.53 bits per heavy atom. The van der Waals surface area contributed by atoms with Crippen LogP contribution in [0.4, 0.5) is 0 Å². The van der Waals surface area contributed by atoms with E-state index in [2.05, 4.69) is 0 Å². The van der Waals surface area contributed by atoms with Crippen LogP contribution in [0.1, 0.15) is 29.3 Å². The second-order valence-corrected chi connectivity index (χ2v) is 4.34. The van der Waals surface area contributed by atoms with Crippen LogP contribution in [0.5, 0.6) is 5.75 Å². The fourth-order valence-electron chi connectivity index (χ4n) is 1.63. The molecule has 0 saturated carbocycles. The van der Waals surface area contributed by atoms with Crippen molar-refractivity contribution in [3.05, 3.63) is 29.3 Å². The van der Waals surface area contributed by atoms with E-state index in [1.54, 1.807) is 37.1 Å². The van der Waals surface area contributed by atoms with Crippen LogP contribution in [0.15, 0.2) is 18.2 Å². The van der Waals surface area contributed by atoms with E-state index in [0.717, 1.165) is 6.42 Å². The number of aryl methyl sites for hydroxylation is 1. The highest BCUT2D eigenvalue weighted by Gasteiger charge is 2.17. The van der Waals surface area contributed by atoms with Crippen LogP contribution in [0.2, 0.25) is 0 Å². The number of benzene rings is 1. The van der Waals surface area contributed by atoms with Gasteiger partial charge in [-0.2, -0.15) is 0 Å². The molecule has 0 fully saturated rings. The SMILES string of the molecule is Cc1cc(C(=O)N(C)C(C)CCN)ccc1O. The maximum Gasteiger partial charge on any atom is 0.253 e. The molecule has 1 atom stereocenters. The zero-order valence-corrected chi connectivity index (χ0v) is 10.6. The smallest absolute Gasteiger partial charge is 0.253 e. The number of hydrogen-bond donors (Lipinski definition) is 2. The summed E-state index contributed by atoms with van der Waals surface area (Å²) in [4.78, 5) is 13.8. The molecule has 0 aliphatic carbocycles. The van der Waals surface area contributed by atoms with Crippen molar-refractivity contribution in [2.75, 3.05) is 13.6 Å². The minimum atomic E-state index is -0.0472. The zero-order chi connectivity index (χ0) is 13.0. The second kappa shape index (κ2) is 5.68. The number of rotatable bonds is 4. The molecule has 3 N–H and O–H groups in total. The highest BCUT2D eigenvalue weighted by molar-refractivity contribution is 5.94. The fourth-order valence-corrected chi connectivity index (χ4v) is 1.63. The van der Waals surface area contributed by atoms with Crippen LogP contribution in [0.25, 0.3) is 0 Å². The maximum absolute atomic E-state index is 12.1. The summed E-state index contributed by atoms with van der Waals surface area (Å²) in [6.07, 6.45) is 0.777. The summed E-state index contributed by atoms with van der Waals surface area (Å²) in [5.41, 5.74) is 6.77. The summed E-state index contributed by atoms with van der Waals surface area (Å²) >= 11 is 0. The van der Waals surface area contributed by atoms with Crippen molar-refractivity contribution >= 4 is 5.91 Å². The molecule has 17 heavy (non-hydrogen) atoms. The van der Waals surface area contributed by atoms with E-state index in [9.17, 15) is 9.90 Å². The van der Waals surface area contributed by atoms with Gasteiger partial charge in [-0.05, 0) is 50.6 Å². The zero-order valence-electron chi connectivity index (χ0n) is 10.6. The van der Waals surface area contributed by atoms with Crippen molar-refractivity contribution in [2.45, 2.75) is 26.3 Å². The van der Waals surface area contributed by atoms with E-state index in [1.807, 2.05) is 6.92 Å². The van der Waals surface area contributed by atoms with Gasteiger partial charge in [0.15, 0.2) is 0 Å². The van der Waals surface area contributed by atoms with Gasteiger partial charge in [0.05, 0.1) is 0 Å². The molecule has 0 heterocycles. The van der Waals surface area contributed by atoms with Gasteiger partial charge in [0.25, 0.3) is 5.91 Å². The molecule has 1 rings (SSSR count). The van der Waals surface area contributed by atoms with Crippen molar-refractivity contribution < 1.29 is 9.90 Å². The van der Waals surface area contributed by atoms with Gasteiger partial charge in [0.2, 0.25) is 0 Å². The van der Waals surface area contributed by atoms with E-state index < -0.39 is 0 Å². The molecule has 1 aromatic carbocycles. The van der Waals surface area contributed by atoms with Crippen molar-refractivity contribution in [1.29, 1.82) is 0 Å². The highest BCUT2D eigenvalue weighted by Crippen LogP contribution is 2.18. The molecule has 0 aliphatic rings. The van der Waals surface area contributed by atoms with Crippen molar-refractivity contribution in [3.8, 4) is 5.75 Å². The average Bonchev–Trinajstić information content (AvgIpc) is 2.31. The molecule has 4 heteroatoms. The van der Waals surface area contributed by atoms with Gasteiger partial charge in [0.1, 0.15) is 5.75 Å². The minimum Gasteiger partial charge on any atom is -0.508 e. The molecule has 0 spiro atoms. The van der Waals surface area contributed by atoms with Crippen molar-refractivity contribution in [2.24, 2.45) is 5.73 Å². The first-order chi connectivity index (χ1) is 7.97. The first-order valence-corrected chi connectivity index (χ1v) is 5.74. The Morgan fingerprint density at radius 2 is 2.18 bits per heavy atom. The Balaban J connectivity index is 2.85. The Labute approximate surface area is 102 Å². The Morgan fingerprint density at radius 3 is 2.71 bits per heavy atom. The second-order valence-electron chi connectivity index (χ2n) is 4.34. The van der Waals surface area contributed by atoms with Crippen LogP contribution in [0, 0.1) is 6.92 Å². The van der Waals surface area contributed by atoms with Gasteiger partial charge < -0.3 is 15.7 Å². The van der Waals surface area contributed by atoms with Crippen LogP contribution >= 0.6 is 0 Å². The molecule has 94 valence electrons. The molecule has 0 aliphatic heterocycles. The Hall–Kier alpha value is -1.55. The standard InChI is InChI=1S/C13H20N2O2/c1-9-8-11(4-5-12(9)16)13(17)15(3)10(2)6-7-14/h4-5,8,10,16H,6-7,14H2,1-3H3. The van der Waals surface area contributed by atoms with E-state index in [0.29, 0.717) is 17.7 Å². The number of nitrogens with two attached hydrogens (primary N) is 1. The number of phenols is 1. The molecule has 1 amide bonds. The summed E-state index contributed by atoms with van der Waals surface area (Å²) in [7, 11) is 1.77. The van der Waals surface area contributed by atoms with E-state index >= 15 is 0 Å². The third-order valence-corrected chi connectivity index (χ3v) is 3.01. The van der Waals surface area contributed by atoms with E-state index in [1.165, 1.54) is 0 Å². The third-order valence-electron chi connectivity index (χ3n) is 3.01. The van der Waals surface area contributed by atoms with Gasteiger partial charge >= 0.3 is 0 Å². The number of hydrogen-bond acceptors (Lipinski definition) is 3. The lowest BCUT2D eigenvalue weighted by Crippen LogP contribution is -2.36. The van der Waals surface area contributed by atoms with Gasteiger partial charge in [-0.15, -0.1) is 0 Å². The summed E-state index contributed by atoms with van der Waals surface area (Å²) in [6, 6.07) is 4.99. The molecular weight excluding hydrogens is 216 g/mol. The molecule has 4 nitrogen and oxygen atoms in total. The summed E-state index contributed by atoms with van der Waals surface area (Å²) in [6.45, 7) is 4.31. The van der Waals surface area contributed by atoms with Gasteiger partial charge in [-0.1, -0.05) is 0 Å². The lowest BCUT2D eigenvalue weighted by Gasteiger charge is -2.24. The highest BCUT2D eigenvalue weighted by atomic mass is 16.3. The number of carbonyl (C=O) groups is 1. The van der Waals surface area contributed by atoms with Crippen LogP contribution in [-0.4, -0.2) is 35.5 Å². The Kier molecular flexibility index (Phi) is 4.52. The molecule has 0 radical (unpaired) electrons. The lowest BCUT2D eigenvalue weighted by molar-refractivity contribution is 0.0739. The van der Waals surface area contributed by atoms with Gasteiger partial charge in [0, 0.05) is 18.7 Å². The topological polar surface area (TPSA) is 66.6 Å². The Bertz CT molecular complexity index is 404. The average molecular weight is 236 g/mol. The molecule has 1 aromatic rings. The summed E-state index contributed by atoms with van der Waals surface area (Å²) in [5.74, 6) is 0.160. The molecular formula is C13H20N2O2. The van der Waals surface area contributed by atoms with E-state index in [-0.39, 0.29) is 17.7 Å². The largest absolute Gasteiger partial charge is 0.508 e. The molecule has 1 unspecified atom stereocenters. The van der Waals surface area contributed by atoms with Crippen LogP contribution in [-0.2, 0) is 0 Å². The fraction of sp³-hybridized carbons (Fsp3) is 0.462. The van der Waals surface area contributed by atoms with Crippen molar-refractivity contribution in [1.82, 2.24) is 4.90 Å². The maximum atomic E-state index is 12.1. The number of nitrogens with zero attached hydrogens (tertiary/aromatic N) is 1. The monoisotopic (exact) mass is 236 g/mol. The molecule has 0 saturated heterocycles. The molecule has 0 aromatic heterocycles. The van der Waals surface area contributed by atoms with Gasteiger partial charge in [-0.25, -0.2) is 0 Å². The van der Waals surface area contributed by atoms with Crippen LogP contribution < -0.4 is 5.73 Å². The summed E-state index contributed by atoms with van der Waals surface area (Å²) in [5, 5.41) is 9.42. The number of carbonyl (C=O) groups excluding carboxylic acids is 1. The van der Waals surface area contributed by atoms with Crippen LogP contribution in [0.3, 0.4) is 0 Å². The normalized spacial score (nSPS) is 12.2. The minimum absolute atomic E-state index is 0.0472. The van der Waals surface area contributed by atoms with Crippen molar-refractivity contribution in [3.63, 3.8) is 0 Å². The predicted molar refractivity (Wildman–Crippen MR) is 68.1 cm³/mol. The number of aromatic hydroxyl groups is 1. The predicted octanol–water partition coefficient (Wildman–Crippen LogP) is 1.51. The lowest BCUT2D eigenvalue weighted by atomic mass is 10.1. The number of phenolic OH excluding ortho intramolecular Hbond substituents is 1. The number of amides is 1. The third kappa shape index (κ3) is 3.20. The summed E-state index contributed by atoms with van der Waals surface area (Å²) < 4.78 is 0. The quantitative estimate of drug-likeness (QED) is 0.832.